The average Bonchev–Trinajstić information content (AvgIpc) is 2.63. The summed E-state index contributed by atoms with van der Waals surface area (Å²) < 4.78 is 6.26. The zero-order valence-electron chi connectivity index (χ0n) is 15.0. The Bertz CT molecular complexity index is 432. The molecule has 0 unspecified atom stereocenters. The molecule has 3 rings (SSSR count). The zero-order valence-corrected chi connectivity index (χ0v) is 15.0. The summed E-state index contributed by atoms with van der Waals surface area (Å²) in [5, 5.41) is 0. The number of carbonyl (C=O) groups is 2. The average molecular weight is 336 g/mol. The number of amides is 2. The lowest BCUT2D eigenvalue weighted by Gasteiger charge is -2.38. The van der Waals surface area contributed by atoms with Gasteiger partial charge < -0.3 is 14.5 Å². The molecule has 2 aliphatic heterocycles. The first-order valence-corrected chi connectivity index (χ1v) is 9.83. The van der Waals surface area contributed by atoms with E-state index in [1.54, 1.807) is 6.92 Å². The molecule has 3 fully saturated rings. The lowest BCUT2D eigenvalue weighted by atomic mass is 9.88. The van der Waals surface area contributed by atoms with Crippen LogP contribution in [0.1, 0.15) is 64.7 Å². The fraction of sp³-hybridized carbons (Fsp3) is 0.895. The molecule has 5 heteroatoms. The molecule has 1 aliphatic carbocycles. The standard InChI is InChI=1S/C19H32N2O3/c1-15(22)20-11-7-17(8-12-20)24-18-9-13-21(14-10-18)19(23)16-5-3-2-4-6-16/h16-18H,2-14H2,1H3. The quantitative estimate of drug-likeness (QED) is 0.796. The van der Waals surface area contributed by atoms with Gasteiger partial charge in [-0.1, -0.05) is 19.3 Å². The highest BCUT2D eigenvalue weighted by Crippen LogP contribution is 2.27. The van der Waals surface area contributed by atoms with Crippen molar-refractivity contribution in [3.63, 3.8) is 0 Å². The van der Waals surface area contributed by atoms with E-state index in [1.807, 2.05) is 4.90 Å². The van der Waals surface area contributed by atoms with Crippen molar-refractivity contribution in [1.29, 1.82) is 0 Å². The minimum Gasteiger partial charge on any atom is -0.375 e. The summed E-state index contributed by atoms with van der Waals surface area (Å²) in [6.07, 6.45) is 10.3. The minimum atomic E-state index is 0.169. The number of rotatable bonds is 3. The molecular weight excluding hydrogens is 304 g/mol. The van der Waals surface area contributed by atoms with Crippen LogP contribution in [-0.4, -0.2) is 60.0 Å². The second-order valence-electron chi connectivity index (χ2n) is 7.70. The number of nitrogens with zero attached hydrogens (tertiary/aromatic N) is 2. The summed E-state index contributed by atoms with van der Waals surface area (Å²) in [6, 6.07) is 0. The molecule has 0 radical (unpaired) electrons. The van der Waals surface area contributed by atoms with Gasteiger partial charge in [-0.15, -0.1) is 0 Å². The highest BCUT2D eigenvalue weighted by molar-refractivity contribution is 5.79. The molecule has 0 aromatic rings. The first kappa shape index (κ1) is 17.7. The van der Waals surface area contributed by atoms with Crippen LogP contribution in [0.3, 0.4) is 0 Å². The van der Waals surface area contributed by atoms with Gasteiger partial charge in [-0.25, -0.2) is 0 Å². The summed E-state index contributed by atoms with van der Waals surface area (Å²) in [4.78, 5) is 28.0. The predicted molar refractivity (Wildman–Crippen MR) is 92.5 cm³/mol. The summed E-state index contributed by atoms with van der Waals surface area (Å²) in [5.41, 5.74) is 0. The van der Waals surface area contributed by atoms with Gasteiger partial charge in [0.15, 0.2) is 0 Å². The monoisotopic (exact) mass is 336 g/mol. The van der Waals surface area contributed by atoms with Crippen LogP contribution >= 0.6 is 0 Å². The second-order valence-corrected chi connectivity index (χ2v) is 7.70. The molecule has 2 saturated heterocycles. The van der Waals surface area contributed by atoms with Gasteiger partial charge in [-0.05, 0) is 38.5 Å². The van der Waals surface area contributed by atoms with Crippen molar-refractivity contribution >= 4 is 11.8 Å². The molecule has 5 nitrogen and oxygen atoms in total. The summed E-state index contributed by atoms with van der Waals surface area (Å²) in [6.45, 7) is 4.98. The number of carbonyl (C=O) groups excluding carboxylic acids is 2. The zero-order chi connectivity index (χ0) is 16.9. The first-order valence-electron chi connectivity index (χ1n) is 9.83. The number of piperidine rings is 2. The van der Waals surface area contributed by atoms with Gasteiger partial charge in [0.2, 0.25) is 11.8 Å². The van der Waals surface area contributed by atoms with Gasteiger partial charge in [0.25, 0.3) is 0 Å². The highest BCUT2D eigenvalue weighted by atomic mass is 16.5. The molecule has 0 spiro atoms. The van der Waals surface area contributed by atoms with E-state index in [2.05, 4.69) is 4.90 Å². The molecule has 0 bridgehead atoms. The summed E-state index contributed by atoms with van der Waals surface area (Å²) in [5.74, 6) is 0.845. The van der Waals surface area contributed by atoms with Crippen molar-refractivity contribution in [3.05, 3.63) is 0 Å². The molecule has 0 aromatic carbocycles. The maximum absolute atomic E-state index is 12.6. The fourth-order valence-corrected chi connectivity index (χ4v) is 4.40. The van der Waals surface area contributed by atoms with Crippen LogP contribution in [0.15, 0.2) is 0 Å². The third-order valence-corrected chi connectivity index (χ3v) is 5.98. The van der Waals surface area contributed by atoms with E-state index in [-0.39, 0.29) is 24.0 Å². The summed E-state index contributed by atoms with van der Waals surface area (Å²) in [7, 11) is 0. The first-order chi connectivity index (χ1) is 11.6. The van der Waals surface area contributed by atoms with Crippen LogP contribution < -0.4 is 0 Å². The van der Waals surface area contributed by atoms with E-state index in [1.165, 1.54) is 19.3 Å². The number of likely N-dealkylation sites (tertiary alicyclic amines) is 2. The molecule has 2 heterocycles. The molecule has 3 aliphatic rings. The number of hydrogen-bond donors (Lipinski definition) is 0. The van der Waals surface area contributed by atoms with Gasteiger partial charge in [0.1, 0.15) is 0 Å². The second kappa shape index (κ2) is 8.32. The Morgan fingerprint density at radius 1 is 0.750 bits per heavy atom. The topological polar surface area (TPSA) is 49.9 Å². The van der Waals surface area contributed by atoms with Crippen LogP contribution in [0, 0.1) is 5.92 Å². The Labute approximate surface area is 145 Å². The van der Waals surface area contributed by atoms with Crippen molar-refractivity contribution in [2.24, 2.45) is 5.92 Å². The van der Waals surface area contributed by atoms with Gasteiger partial charge >= 0.3 is 0 Å². The van der Waals surface area contributed by atoms with Gasteiger partial charge in [0.05, 0.1) is 12.2 Å². The normalized spacial score (nSPS) is 25.0. The molecule has 0 atom stereocenters. The van der Waals surface area contributed by atoms with E-state index >= 15 is 0 Å². The fourth-order valence-electron chi connectivity index (χ4n) is 4.40. The Balaban J connectivity index is 1.38. The van der Waals surface area contributed by atoms with Crippen molar-refractivity contribution < 1.29 is 14.3 Å². The van der Waals surface area contributed by atoms with Gasteiger partial charge in [-0.3, -0.25) is 9.59 Å². The number of ether oxygens (including phenoxy) is 1. The molecule has 136 valence electrons. The Kier molecular flexibility index (Phi) is 6.14. The molecular formula is C19H32N2O3. The Morgan fingerprint density at radius 3 is 1.75 bits per heavy atom. The van der Waals surface area contributed by atoms with E-state index in [4.69, 9.17) is 4.74 Å². The highest BCUT2D eigenvalue weighted by Gasteiger charge is 2.31. The van der Waals surface area contributed by atoms with E-state index in [9.17, 15) is 9.59 Å². The molecule has 1 saturated carbocycles. The van der Waals surface area contributed by atoms with E-state index in [0.717, 1.165) is 64.7 Å². The Hall–Kier alpha value is -1.10. The van der Waals surface area contributed by atoms with Crippen molar-refractivity contribution in [3.8, 4) is 0 Å². The number of hydrogen-bond acceptors (Lipinski definition) is 3. The SMILES string of the molecule is CC(=O)N1CCC(OC2CCN(C(=O)C3CCCCC3)CC2)CC1. The summed E-state index contributed by atoms with van der Waals surface area (Å²) >= 11 is 0. The predicted octanol–water partition coefficient (Wildman–Crippen LogP) is 2.59. The van der Waals surface area contributed by atoms with E-state index in [0.29, 0.717) is 5.91 Å². The van der Waals surface area contributed by atoms with Crippen LogP contribution in [0.2, 0.25) is 0 Å². The lowest BCUT2D eigenvalue weighted by Crippen LogP contribution is -2.46. The maximum Gasteiger partial charge on any atom is 0.225 e. The third kappa shape index (κ3) is 4.50. The molecule has 24 heavy (non-hydrogen) atoms. The maximum atomic E-state index is 12.6. The Morgan fingerprint density at radius 2 is 1.25 bits per heavy atom. The van der Waals surface area contributed by atoms with Crippen LogP contribution in [-0.2, 0) is 14.3 Å². The van der Waals surface area contributed by atoms with Crippen molar-refractivity contribution in [2.75, 3.05) is 26.2 Å². The smallest absolute Gasteiger partial charge is 0.225 e. The third-order valence-electron chi connectivity index (χ3n) is 5.98. The lowest BCUT2D eigenvalue weighted by molar-refractivity contribution is -0.140. The molecule has 0 N–H and O–H groups in total. The van der Waals surface area contributed by atoms with Crippen molar-refractivity contribution in [2.45, 2.75) is 76.9 Å². The van der Waals surface area contributed by atoms with E-state index < -0.39 is 0 Å². The van der Waals surface area contributed by atoms with Crippen LogP contribution in [0.4, 0.5) is 0 Å². The minimum absolute atomic E-state index is 0.169. The molecule has 0 aromatic heterocycles. The largest absolute Gasteiger partial charge is 0.375 e. The molecule has 2 amide bonds. The van der Waals surface area contributed by atoms with Crippen LogP contribution in [0.25, 0.3) is 0 Å². The van der Waals surface area contributed by atoms with Gasteiger partial charge in [0, 0.05) is 39.0 Å². The van der Waals surface area contributed by atoms with Gasteiger partial charge in [-0.2, -0.15) is 0 Å². The van der Waals surface area contributed by atoms with Crippen LogP contribution in [0.5, 0.6) is 0 Å². The van der Waals surface area contributed by atoms with Crippen molar-refractivity contribution in [1.82, 2.24) is 9.80 Å².